The van der Waals surface area contributed by atoms with Gasteiger partial charge in [-0.25, -0.2) is 4.79 Å². The number of urea groups is 1. The van der Waals surface area contributed by atoms with Crippen molar-refractivity contribution in [2.75, 3.05) is 10.6 Å². The molecule has 0 unspecified atom stereocenters. The van der Waals surface area contributed by atoms with Crippen molar-refractivity contribution in [1.82, 2.24) is 4.90 Å². The van der Waals surface area contributed by atoms with Gasteiger partial charge in [0.25, 0.3) is 11.8 Å². The summed E-state index contributed by atoms with van der Waals surface area (Å²) in [7, 11) is 0. The van der Waals surface area contributed by atoms with Gasteiger partial charge in [0.1, 0.15) is 0 Å². The zero-order valence-corrected chi connectivity index (χ0v) is 17.1. The number of carbonyl (C=O) groups is 3. The number of rotatable bonds is 2. The molecule has 2 aromatic rings. The van der Waals surface area contributed by atoms with E-state index in [-0.39, 0.29) is 11.8 Å². The quantitative estimate of drug-likeness (QED) is 0.673. The van der Waals surface area contributed by atoms with Crippen molar-refractivity contribution in [1.29, 1.82) is 0 Å². The van der Waals surface area contributed by atoms with Crippen LogP contribution in [0.5, 0.6) is 0 Å². The van der Waals surface area contributed by atoms with E-state index in [0.29, 0.717) is 22.5 Å². The minimum Gasteiger partial charge on any atom is -0.308 e. The van der Waals surface area contributed by atoms with Crippen molar-refractivity contribution in [3.8, 4) is 0 Å². The Morgan fingerprint density at radius 2 is 1.63 bits per heavy atom. The molecule has 0 bridgehead atoms. The molecule has 1 aliphatic heterocycles. The molecule has 0 aliphatic carbocycles. The molecule has 2 aromatic carbocycles. The molecule has 4 amide bonds. The van der Waals surface area contributed by atoms with Crippen LogP contribution in [-0.4, -0.2) is 28.3 Å². The third-order valence-corrected chi connectivity index (χ3v) is 4.84. The number of halogens is 1. The molecule has 2 N–H and O–H groups in total. The van der Waals surface area contributed by atoms with Gasteiger partial charge in [-0.15, -0.1) is 0 Å². The van der Waals surface area contributed by atoms with Gasteiger partial charge in [-0.3, -0.25) is 14.5 Å². The second kappa shape index (κ2) is 6.81. The summed E-state index contributed by atoms with van der Waals surface area (Å²) < 4.78 is 0.771. The standard InChI is InChI=1S/C20H20BrN3O3/c1-11-5-8-16(15(21)9-11)23-19(27)22-12-6-7-13-14(10-12)18(26)24(17(13)25)20(2,3)4/h5-10H,1-4H3,(H2,22,23,27). The normalized spacial score (nSPS) is 13.6. The highest BCUT2D eigenvalue weighted by atomic mass is 79.9. The van der Waals surface area contributed by atoms with E-state index in [2.05, 4.69) is 26.6 Å². The molecule has 0 saturated carbocycles. The van der Waals surface area contributed by atoms with Crippen LogP contribution in [0.1, 0.15) is 47.1 Å². The Labute approximate surface area is 166 Å². The summed E-state index contributed by atoms with van der Waals surface area (Å²) in [5.74, 6) is -0.671. The summed E-state index contributed by atoms with van der Waals surface area (Å²) in [5.41, 5.74) is 2.16. The third-order valence-electron chi connectivity index (χ3n) is 4.19. The molecule has 3 rings (SSSR count). The first kappa shape index (κ1) is 19.1. The summed E-state index contributed by atoms with van der Waals surface area (Å²) in [6.07, 6.45) is 0. The number of amides is 4. The molecule has 0 saturated heterocycles. The van der Waals surface area contributed by atoms with Crippen LogP contribution in [0.3, 0.4) is 0 Å². The van der Waals surface area contributed by atoms with Crippen LogP contribution in [-0.2, 0) is 0 Å². The molecule has 140 valence electrons. The SMILES string of the molecule is Cc1ccc(NC(=O)Nc2ccc3c(c2)C(=O)N(C(C)(C)C)C3=O)c(Br)c1. The molecular weight excluding hydrogens is 410 g/mol. The fraction of sp³-hybridized carbons (Fsp3) is 0.250. The van der Waals surface area contributed by atoms with Gasteiger partial charge >= 0.3 is 6.03 Å². The first-order valence-electron chi connectivity index (χ1n) is 8.45. The van der Waals surface area contributed by atoms with Gasteiger partial charge in [0, 0.05) is 15.7 Å². The Balaban J connectivity index is 1.79. The minimum atomic E-state index is -0.615. The van der Waals surface area contributed by atoms with Gasteiger partial charge in [0.2, 0.25) is 0 Å². The Hall–Kier alpha value is -2.67. The van der Waals surface area contributed by atoms with Crippen molar-refractivity contribution in [3.63, 3.8) is 0 Å². The number of benzene rings is 2. The zero-order valence-electron chi connectivity index (χ0n) is 15.5. The number of imide groups is 1. The van der Waals surface area contributed by atoms with E-state index in [1.54, 1.807) is 39.0 Å². The van der Waals surface area contributed by atoms with E-state index in [0.717, 1.165) is 10.0 Å². The lowest BCUT2D eigenvalue weighted by molar-refractivity contribution is 0.0507. The maximum atomic E-state index is 12.6. The van der Waals surface area contributed by atoms with E-state index in [1.165, 1.54) is 11.0 Å². The minimum absolute atomic E-state index is 0.296. The van der Waals surface area contributed by atoms with Crippen molar-refractivity contribution in [2.45, 2.75) is 33.2 Å². The average molecular weight is 430 g/mol. The lowest BCUT2D eigenvalue weighted by atomic mass is 10.1. The molecule has 27 heavy (non-hydrogen) atoms. The van der Waals surface area contributed by atoms with Crippen molar-refractivity contribution < 1.29 is 14.4 Å². The number of nitrogens with zero attached hydrogens (tertiary/aromatic N) is 1. The first-order chi connectivity index (χ1) is 12.6. The van der Waals surface area contributed by atoms with Crippen LogP contribution in [0.4, 0.5) is 16.2 Å². The van der Waals surface area contributed by atoms with Crippen LogP contribution in [0.2, 0.25) is 0 Å². The summed E-state index contributed by atoms with van der Waals surface area (Å²) >= 11 is 3.41. The van der Waals surface area contributed by atoms with E-state index in [9.17, 15) is 14.4 Å². The highest BCUT2D eigenvalue weighted by Crippen LogP contribution is 2.31. The number of hydrogen-bond acceptors (Lipinski definition) is 3. The Morgan fingerprint density at radius 3 is 2.26 bits per heavy atom. The van der Waals surface area contributed by atoms with Crippen molar-refractivity contribution in [3.05, 3.63) is 57.6 Å². The smallest absolute Gasteiger partial charge is 0.308 e. The number of nitrogens with one attached hydrogen (secondary N) is 2. The molecule has 7 heteroatoms. The van der Waals surface area contributed by atoms with Crippen LogP contribution in [0.25, 0.3) is 0 Å². The predicted molar refractivity (Wildman–Crippen MR) is 108 cm³/mol. The molecule has 1 aliphatic rings. The average Bonchev–Trinajstić information content (AvgIpc) is 2.81. The second-order valence-corrected chi connectivity index (χ2v) is 8.29. The van der Waals surface area contributed by atoms with Crippen LogP contribution in [0, 0.1) is 6.92 Å². The second-order valence-electron chi connectivity index (χ2n) is 7.44. The molecule has 0 atom stereocenters. The van der Waals surface area contributed by atoms with Gasteiger partial charge in [-0.05, 0) is 79.5 Å². The molecule has 6 nitrogen and oxygen atoms in total. The monoisotopic (exact) mass is 429 g/mol. The highest BCUT2D eigenvalue weighted by molar-refractivity contribution is 9.10. The van der Waals surface area contributed by atoms with E-state index < -0.39 is 11.6 Å². The van der Waals surface area contributed by atoms with Crippen LogP contribution >= 0.6 is 15.9 Å². The molecule has 1 heterocycles. The van der Waals surface area contributed by atoms with Gasteiger partial charge < -0.3 is 10.6 Å². The van der Waals surface area contributed by atoms with Gasteiger partial charge in [-0.2, -0.15) is 0 Å². The Bertz CT molecular complexity index is 963. The topological polar surface area (TPSA) is 78.5 Å². The zero-order chi connectivity index (χ0) is 19.9. The van der Waals surface area contributed by atoms with Gasteiger partial charge in [-0.1, -0.05) is 6.07 Å². The highest BCUT2D eigenvalue weighted by Gasteiger charge is 2.41. The molecule has 0 fully saturated rings. The maximum absolute atomic E-state index is 12.6. The molecule has 0 radical (unpaired) electrons. The molecule has 0 spiro atoms. The fourth-order valence-electron chi connectivity index (χ4n) is 2.93. The van der Waals surface area contributed by atoms with Crippen LogP contribution in [0.15, 0.2) is 40.9 Å². The molecule has 0 aromatic heterocycles. The van der Waals surface area contributed by atoms with Gasteiger partial charge in [0.05, 0.1) is 16.8 Å². The summed E-state index contributed by atoms with van der Waals surface area (Å²) in [6.45, 7) is 7.38. The summed E-state index contributed by atoms with van der Waals surface area (Å²) in [5, 5.41) is 5.45. The Morgan fingerprint density at radius 1 is 0.963 bits per heavy atom. The lowest BCUT2D eigenvalue weighted by Crippen LogP contribution is -2.45. The number of aryl methyl sites for hydroxylation is 1. The number of anilines is 2. The number of hydrogen-bond donors (Lipinski definition) is 2. The van der Waals surface area contributed by atoms with Gasteiger partial charge in [0.15, 0.2) is 0 Å². The van der Waals surface area contributed by atoms with Crippen LogP contribution < -0.4 is 10.6 Å². The van der Waals surface area contributed by atoms with E-state index >= 15 is 0 Å². The van der Waals surface area contributed by atoms with Crippen molar-refractivity contribution in [2.24, 2.45) is 0 Å². The number of carbonyl (C=O) groups excluding carboxylic acids is 3. The maximum Gasteiger partial charge on any atom is 0.323 e. The number of fused-ring (bicyclic) bond motifs is 1. The fourth-order valence-corrected chi connectivity index (χ4v) is 3.53. The van der Waals surface area contributed by atoms with E-state index in [4.69, 9.17) is 0 Å². The summed E-state index contributed by atoms with van der Waals surface area (Å²) in [4.78, 5) is 38.6. The summed E-state index contributed by atoms with van der Waals surface area (Å²) in [6, 6.07) is 9.86. The van der Waals surface area contributed by atoms with Crippen molar-refractivity contribution >= 4 is 45.2 Å². The first-order valence-corrected chi connectivity index (χ1v) is 9.24. The van der Waals surface area contributed by atoms with E-state index in [1.807, 2.05) is 19.1 Å². The largest absolute Gasteiger partial charge is 0.323 e. The predicted octanol–water partition coefficient (Wildman–Crippen LogP) is 4.80. The lowest BCUT2D eigenvalue weighted by Gasteiger charge is -2.29. The Kier molecular flexibility index (Phi) is 4.82. The molecular formula is C20H20BrN3O3. The third kappa shape index (κ3) is 3.73.